The molecule has 61 heavy (non-hydrogen) atoms. The zero-order chi connectivity index (χ0) is 42.4. The van der Waals surface area contributed by atoms with E-state index in [0.717, 1.165) is 81.2 Å². The molecule has 5 heterocycles. The molecule has 0 bridgehead atoms. The molecule has 0 spiro atoms. The summed E-state index contributed by atoms with van der Waals surface area (Å²) in [6.07, 6.45) is 3.62. The number of aromatic nitrogens is 4. The van der Waals surface area contributed by atoms with E-state index in [1.165, 1.54) is 14.2 Å². The highest BCUT2D eigenvalue weighted by Crippen LogP contribution is 2.45. The Morgan fingerprint density at radius 3 is 2.21 bits per heavy atom. The maximum atomic E-state index is 14.0. The predicted molar refractivity (Wildman–Crippen MR) is 227 cm³/mol. The smallest absolute Gasteiger partial charge is 0.407 e. The Labute approximate surface area is 352 Å². The lowest BCUT2D eigenvalue weighted by Crippen LogP contribution is -2.51. The fourth-order valence-corrected chi connectivity index (χ4v) is 9.12. The largest absolute Gasteiger partial charge is 0.488 e. The summed E-state index contributed by atoms with van der Waals surface area (Å²) in [7, 11) is 2.57. The second-order valence-corrected chi connectivity index (χ2v) is 16.2. The molecule has 4 aromatic carbocycles. The van der Waals surface area contributed by atoms with Crippen LogP contribution in [0.3, 0.4) is 0 Å². The number of aromatic amines is 2. The number of benzene rings is 4. The van der Waals surface area contributed by atoms with E-state index in [1.807, 2.05) is 55.1 Å². The first-order valence-corrected chi connectivity index (χ1v) is 20.7. The van der Waals surface area contributed by atoms with E-state index in [4.69, 9.17) is 24.2 Å². The summed E-state index contributed by atoms with van der Waals surface area (Å²) in [4.78, 5) is 72.5. The third-order valence-electron chi connectivity index (χ3n) is 12.2. The molecule has 2 aromatic heterocycles. The van der Waals surface area contributed by atoms with Crippen molar-refractivity contribution in [2.75, 3.05) is 27.3 Å². The van der Waals surface area contributed by atoms with Crippen LogP contribution in [0.25, 0.3) is 44.2 Å². The van der Waals surface area contributed by atoms with Gasteiger partial charge in [0.05, 0.1) is 49.2 Å². The highest BCUT2D eigenvalue weighted by atomic mass is 16.5. The third-order valence-corrected chi connectivity index (χ3v) is 12.2. The van der Waals surface area contributed by atoms with Crippen molar-refractivity contribution in [3.05, 3.63) is 102 Å². The summed E-state index contributed by atoms with van der Waals surface area (Å²) in [5, 5.41) is 7.33. The number of methoxy groups -OCH3 is 2. The van der Waals surface area contributed by atoms with Gasteiger partial charge in [-0.2, -0.15) is 0 Å². The summed E-state index contributed by atoms with van der Waals surface area (Å²) in [6, 6.07) is 21.6. The lowest BCUT2D eigenvalue weighted by Gasteiger charge is -2.29. The fourth-order valence-electron chi connectivity index (χ4n) is 9.12. The predicted octanol–water partition coefficient (Wildman–Crippen LogP) is 7.47. The zero-order valence-corrected chi connectivity index (χ0v) is 34.5. The topological polar surface area (TPSA) is 184 Å². The molecule has 0 aliphatic carbocycles. The molecular weight excluding hydrogens is 777 g/mol. The van der Waals surface area contributed by atoms with Crippen molar-refractivity contribution in [3.63, 3.8) is 0 Å². The number of carbonyl (C=O) groups is 4. The average Bonchev–Trinajstić information content (AvgIpc) is 4.13. The minimum absolute atomic E-state index is 0.126. The molecule has 4 N–H and O–H groups in total. The second kappa shape index (κ2) is 16.3. The van der Waals surface area contributed by atoms with Crippen molar-refractivity contribution >= 4 is 45.8 Å². The number of alkyl carbamates (subject to hydrolysis) is 2. The molecule has 1 unspecified atom stereocenters. The number of amides is 4. The van der Waals surface area contributed by atoms with Gasteiger partial charge in [-0.25, -0.2) is 19.6 Å². The van der Waals surface area contributed by atoms with Crippen LogP contribution in [0.4, 0.5) is 9.59 Å². The standard InChI is InChI=1S/C46H48N8O7/c1-25(2)37(51-45(57)59-3)43(55)54-21-9-13-36(54)42-48-33-19-18-32-30(39(33)50-42)16-17-31-29-15-14-27(22-28(29)24-61-40(31)32)34-23-47-41(49-34)35-12-8-20-53(35)44(56)38(52-46(58)60-4)26-10-6-5-7-11-26/h5-7,10-11,14-19,22-23,25,35-38H,8-9,12-13,20-21,24H2,1-4H3,(H,47,49)(H,48,50)(H,51,57)(H,52,58)/t35?,36-,37-,38+/m0/s1. The zero-order valence-electron chi connectivity index (χ0n) is 34.5. The van der Waals surface area contributed by atoms with Gasteiger partial charge in [-0.1, -0.05) is 62.4 Å². The SMILES string of the molecule is COC(=O)N[C@H](C(=O)N1CCC[C@H]1c1nc2c(ccc3c4c(ccc32)-c2ccc(-c3cnc(C5CCCN5C(=O)[C@H](NC(=O)OC)c5ccccc5)[nH]3)cc2CO4)[nH]1)C(C)C. The van der Waals surface area contributed by atoms with Gasteiger partial charge in [0.25, 0.3) is 5.91 Å². The molecule has 9 rings (SSSR count). The Kier molecular flexibility index (Phi) is 10.6. The number of likely N-dealkylation sites (tertiary alicyclic amines) is 2. The monoisotopic (exact) mass is 824 g/mol. The van der Waals surface area contributed by atoms with Gasteiger partial charge in [0.1, 0.15) is 36.1 Å². The summed E-state index contributed by atoms with van der Waals surface area (Å²) in [5.41, 5.74) is 7.22. The molecule has 2 saturated heterocycles. The number of nitrogens with zero attached hydrogens (tertiary/aromatic N) is 4. The van der Waals surface area contributed by atoms with E-state index < -0.39 is 24.3 Å². The molecule has 4 amide bonds. The van der Waals surface area contributed by atoms with Crippen LogP contribution in [0, 0.1) is 5.92 Å². The van der Waals surface area contributed by atoms with Crippen LogP contribution in [0.5, 0.6) is 5.75 Å². The van der Waals surface area contributed by atoms with E-state index in [0.29, 0.717) is 36.9 Å². The number of fused-ring (bicyclic) bond motifs is 7. The molecular formula is C46H48N8O7. The summed E-state index contributed by atoms with van der Waals surface area (Å²) >= 11 is 0. The third kappa shape index (κ3) is 7.27. The molecule has 15 heteroatoms. The summed E-state index contributed by atoms with van der Waals surface area (Å²) in [6.45, 7) is 5.29. The van der Waals surface area contributed by atoms with Gasteiger partial charge in [-0.3, -0.25) is 9.59 Å². The first-order valence-electron chi connectivity index (χ1n) is 20.7. The Hall–Kier alpha value is -6.90. The number of rotatable bonds is 9. The highest BCUT2D eigenvalue weighted by Gasteiger charge is 2.39. The van der Waals surface area contributed by atoms with Crippen LogP contribution in [-0.4, -0.2) is 87.1 Å². The lowest BCUT2D eigenvalue weighted by molar-refractivity contribution is -0.135. The van der Waals surface area contributed by atoms with Gasteiger partial charge >= 0.3 is 12.2 Å². The van der Waals surface area contributed by atoms with Crippen LogP contribution in [-0.2, 0) is 25.7 Å². The van der Waals surface area contributed by atoms with E-state index in [2.05, 4.69) is 57.0 Å². The Morgan fingerprint density at radius 2 is 1.48 bits per heavy atom. The van der Waals surface area contributed by atoms with E-state index >= 15 is 0 Å². The van der Waals surface area contributed by atoms with Gasteiger partial charge in [0, 0.05) is 29.4 Å². The van der Waals surface area contributed by atoms with Crippen LogP contribution in [0.15, 0.2) is 79.0 Å². The number of carbonyl (C=O) groups excluding carboxylic acids is 4. The lowest BCUT2D eigenvalue weighted by atomic mass is 9.92. The number of nitrogens with one attached hydrogen (secondary N) is 4. The minimum atomic E-state index is -0.894. The van der Waals surface area contributed by atoms with E-state index in [1.54, 1.807) is 11.1 Å². The van der Waals surface area contributed by atoms with Gasteiger partial charge in [-0.05, 0) is 78.1 Å². The van der Waals surface area contributed by atoms with E-state index in [-0.39, 0.29) is 29.8 Å². The quantitative estimate of drug-likeness (QED) is 0.115. The average molecular weight is 825 g/mol. The van der Waals surface area contributed by atoms with Crippen LogP contribution < -0.4 is 15.4 Å². The van der Waals surface area contributed by atoms with Crippen LogP contribution in [0.1, 0.15) is 80.4 Å². The number of hydrogen-bond acceptors (Lipinski definition) is 9. The molecule has 3 aliphatic heterocycles. The van der Waals surface area contributed by atoms with Gasteiger partial charge in [-0.15, -0.1) is 0 Å². The number of imidazole rings is 2. The maximum Gasteiger partial charge on any atom is 0.407 e. The van der Waals surface area contributed by atoms with Gasteiger partial charge in [0.2, 0.25) is 5.91 Å². The van der Waals surface area contributed by atoms with Crippen molar-refractivity contribution in [3.8, 4) is 28.1 Å². The molecule has 0 radical (unpaired) electrons. The van der Waals surface area contributed by atoms with Crippen molar-refractivity contribution in [1.29, 1.82) is 0 Å². The van der Waals surface area contributed by atoms with Crippen LogP contribution in [0.2, 0.25) is 0 Å². The molecule has 3 aliphatic rings. The van der Waals surface area contributed by atoms with Crippen molar-refractivity contribution < 1.29 is 33.4 Å². The van der Waals surface area contributed by atoms with Gasteiger partial charge < -0.3 is 44.6 Å². The Morgan fingerprint density at radius 1 is 0.787 bits per heavy atom. The molecule has 4 atom stereocenters. The first kappa shape index (κ1) is 39.6. The number of hydrogen-bond donors (Lipinski definition) is 4. The molecule has 2 fully saturated rings. The minimum Gasteiger partial charge on any atom is -0.488 e. The summed E-state index contributed by atoms with van der Waals surface area (Å²) in [5.74, 6) is 1.70. The van der Waals surface area contributed by atoms with Crippen molar-refractivity contribution in [2.45, 2.75) is 70.3 Å². The number of ether oxygens (including phenoxy) is 3. The normalized spacial score (nSPS) is 18.0. The fraction of sp³-hybridized carbons (Fsp3) is 0.348. The van der Waals surface area contributed by atoms with E-state index in [9.17, 15) is 19.2 Å². The summed E-state index contributed by atoms with van der Waals surface area (Å²) < 4.78 is 16.2. The number of H-pyrrole nitrogens is 2. The first-order chi connectivity index (χ1) is 29.6. The molecule has 6 aromatic rings. The molecule has 314 valence electrons. The van der Waals surface area contributed by atoms with Crippen LogP contribution >= 0.6 is 0 Å². The Bertz CT molecular complexity index is 2660. The molecule has 0 saturated carbocycles. The molecule has 15 nitrogen and oxygen atoms in total. The Balaban J connectivity index is 0.954. The van der Waals surface area contributed by atoms with Gasteiger partial charge in [0.15, 0.2) is 0 Å². The maximum absolute atomic E-state index is 14.0. The van der Waals surface area contributed by atoms with Crippen molar-refractivity contribution in [1.82, 2.24) is 40.4 Å². The van der Waals surface area contributed by atoms with Crippen molar-refractivity contribution in [2.24, 2.45) is 5.92 Å². The second-order valence-electron chi connectivity index (χ2n) is 16.2. The highest BCUT2D eigenvalue weighted by molar-refractivity contribution is 6.09.